The molecule has 2 rings (SSSR count). The first-order valence-electron chi connectivity index (χ1n) is 7.47. The average molecular weight is 391 g/mol. The van der Waals surface area contributed by atoms with Crippen molar-refractivity contribution in [3.63, 3.8) is 0 Å². The summed E-state index contributed by atoms with van der Waals surface area (Å²) < 4.78 is 6.04. The third kappa shape index (κ3) is 5.77. The molecule has 1 heterocycles. The van der Waals surface area contributed by atoms with E-state index in [-0.39, 0.29) is 12.2 Å². The molecular weight excluding hydrogens is 372 g/mol. The number of Topliss-reactive ketones (excluding diaryl/α,β-unsaturated/α-hetero) is 1. The Kier molecular flexibility index (Phi) is 5.72. The van der Waals surface area contributed by atoms with Crippen LogP contribution in [-0.4, -0.2) is 22.5 Å². The summed E-state index contributed by atoms with van der Waals surface area (Å²) in [5, 5.41) is 2.57. The molecule has 0 unspecified atom stereocenters. The number of carbonyl (C=O) groups is 2. The fraction of sp³-hybridized carbons (Fsp3) is 0.278. The summed E-state index contributed by atoms with van der Waals surface area (Å²) in [4.78, 5) is 28.2. The molecule has 0 spiro atoms. The molecule has 0 bridgehead atoms. The molecule has 0 aliphatic rings. The summed E-state index contributed by atoms with van der Waals surface area (Å²) in [7, 11) is 0. The maximum absolute atomic E-state index is 12.3. The van der Waals surface area contributed by atoms with E-state index in [9.17, 15) is 9.59 Å². The second kappa shape index (κ2) is 7.57. The highest BCUT2D eigenvalue weighted by atomic mass is 79.9. The number of amides is 1. The van der Waals surface area contributed by atoms with E-state index in [2.05, 4.69) is 26.2 Å². The molecule has 24 heavy (non-hydrogen) atoms. The number of pyridine rings is 1. The topological polar surface area (TPSA) is 68.3 Å². The van der Waals surface area contributed by atoms with Gasteiger partial charge in [0, 0.05) is 22.7 Å². The highest BCUT2D eigenvalue weighted by Gasteiger charge is 2.17. The molecule has 0 saturated carbocycles. The van der Waals surface area contributed by atoms with Crippen molar-refractivity contribution < 1.29 is 14.3 Å². The summed E-state index contributed by atoms with van der Waals surface area (Å²) in [6.07, 6.45) is 1.20. The van der Waals surface area contributed by atoms with Crippen molar-refractivity contribution in [1.29, 1.82) is 0 Å². The Hall–Kier alpha value is -2.21. The Labute approximate surface area is 149 Å². The van der Waals surface area contributed by atoms with Crippen LogP contribution in [0.5, 0.6) is 0 Å². The maximum atomic E-state index is 12.3. The standard InChI is InChI=1S/C18H19BrN2O3/c1-18(2,3)24-17(23)21-16-10-12(7-8-20-16)9-15(22)13-5-4-6-14(19)11-13/h4-8,10-11H,9H2,1-3H3,(H,20,21,23). The molecule has 0 fully saturated rings. The molecule has 6 heteroatoms. The lowest BCUT2D eigenvalue weighted by Crippen LogP contribution is -2.27. The predicted molar refractivity (Wildman–Crippen MR) is 96.3 cm³/mol. The minimum absolute atomic E-state index is 0.00859. The minimum Gasteiger partial charge on any atom is -0.444 e. The number of ether oxygens (including phenoxy) is 1. The van der Waals surface area contributed by atoms with Crippen LogP contribution in [-0.2, 0) is 11.2 Å². The number of benzene rings is 1. The van der Waals surface area contributed by atoms with Crippen molar-refractivity contribution in [2.45, 2.75) is 32.8 Å². The van der Waals surface area contributed by atoms with Crippen molar-refractivity contribution in [2.75, 3.05) is 5.32 Å². The van der Waals surface area contributed by atoms with Crippen LogP contribution in [0.1, 0.15) is 36.7 Å². The Morgan fingerprint density at radius 1 is 1.21 bits per heavy atom. The van der Waals surface area contributed by atoms with E-state index in [1.54, 1.807) is 51.2 Å². The summed E-state index contributed by atoms with van der Waals surface area (Å²) in [5.41, 5.74) is 0.808. The third-order valence-corrected chi connectivity index (χ3v) is 3.46. The fourth-order valence-electron chi connectivity index (χ4n) is 2.01. The highest BCUT2D eigenvalue weighted by molar-refractivity contribution is 9.10. The van der Waals surface area contributed by atoms with Crippen molar-refractivity contribution in [1.82, 2.24) is 4.98 Å². The van der Waals surface area contributed by atoms with Gasteiger partial charge in [-0.25, -0.2) is 9.78 Å². The van der Waals surface area contributed by atoms with Crippen LogP contribution >= 0.6 is 15.9 Å². The van der Waals surface area contributed by atoms with E-state index in [1.807, 2.05) is 12.1 Å². The van der Waals surface area contributed by atoms with Gasteiger partial charge in [-0.1, -0.05) is 28.1 Å². The van der Waals surface area contributed by atoms with Gasteiger partial charge in [-0.05, 0) is 50.6 Å². The molecule has 1 N–H and O–H groups in total. The average Bonchev–Trinajstić information content (AvgIpc) is 2.45. The smallest absolute Gasteiger partial charge is 0.413 e. The number of anilines is 1. The van der Waals surface area contributed by atoms with Crippen LogP contribution in [0.3, 0.4) is 0 Å². The third-order valence-electron chi connectivity index (χ3n) is 2.96. The normalized spacial score (nSPS) is 11.0. The molecule has 5 nitrogen and oxygen atoms in total. The molecule has 1 aromatic carbocycles. The predicted octanol–water partition coefficient (Wildman–Crippen LogP) is 4.62. The number of halogens is 1. The van der Waals surface area contributed by atoms with Crippen LogP contribution in [0.15, 0.2) is 47.1 Å². The number of ketones is 1. The quantitative estimate of drug-likeness (QED) is 0.773. The molecular formula is C18H19BrN2O3. The molecule has 0 atom stereocenters. The zero-order chi connectivity index (χ0) is 17.7. The number of nitrogens with zero attached hydrogens (tertiary/aromatic N) is 1. The minimum atomic E-state index is -0.585. The molecule has 0 aliphatic heterocycles. The lowest BCUT2D eigenvalue weighted by Gasteiger charge is -2.19. The Morgan fingerprint density at radius 3 is 2.62 bits per heavy atom. The van der Waals surface area contributed by atoms with Gasteiger partial charge in [-0.3, -0.25) is 10.1 Å². The molecule has 0 saturated heterocycles. The first-order chi connectivity index (χ1) is 11.2. The fourth-order valence-corrected chi connectivity index (χ4v) is 2.41. The van der Waals surface area contributed by atoms with Gasteiger partial charge in [0.05, 0.1) is 0 Å². The van der Waals surface area contributed by atoms with Gasteiger partial charge in [0.1, 0.15) is 11.4 Å². The highest BCUT2D eigenvalue weighted by Crippen LogP contribution is 2.16. The first kappa shape index (κ1) is 18.1. The van der Waals surface area contributed by atoms with Crippen molar-refractivity contribution in [3.8, 4) is 0 Å². The van der Waals surface area contributed by atoms with Crippen molar-refractivity contribution >= 4 is 33.6 Å². The molecule has 126 valence electrons. The maximum Gasteiger partial charge on any atom is 0.413 e. The summed E-state index contributed by atoms with van der Waals surface area (Å²) in [6, 6.07) is 10.7. The zero-order valence-corrected chi connectivity index (χ0v) is 15.4. The van der Waals surface area contributed by atoms with Gasteiger partial charge in [0.2, 0.25) is 0 Å². The van der Waals surface area contributed by atoms with Crippen LogP contribution < -0.4 is 5.32 Å². The summed E-state index contributed by atoms with van der Waals surface area (Å²) >= 11 is 3.35. The van der Waals surface area contributed by atoms with Crippen molar-refractivity contribution in [2.24, 2.45) is 0 Å². The Balaban J connectivity index is 2.05. The molecule has 1 amide bonds. The second-order valence-corrected chi connectivity index (χ2v) is 7.20. The monoisotopic (exact) mass is 390 g/mol. The van der Waals surface area contributed by atoms with Gasteiger partial charge >= 0.3 is 6.09 Å². The number of carbonyl (C=O) groups excluding carboxylic acids is 2. The lowest BCUT2D eigenvalue weighted by atomic mass is 10.0. The lowest BCUT2D eigenvalue weighted by molar-refractivity contribution is 0.0635. The van der Waals surface area contributed by atoms with Crippen LogP contribution in [0.4, 0.5) is 10.6 Å². The Morgan fingerprint density at radius 2 is 1.96 bits per heavy atom. The number of rotatable bonds is 4. The van der Waals surface area contributed by atoms with E-state index >= 15 is 0 Å². The number of hydrogen-bond donors (Lipinski definition) is 1. The second-order valence-electron chi connectivity index (χ2n) is 6.29. The van der Waals surface area contributed by atoms with E-state index < -0.39 is 11.7 Å². The molecule has 2 aromatic rings. The molecule has 0 radical (unpaired) electrons. The van der Waals surface area contributed by atoms with Crippen molar-refractivity contribution in [3.05, 3.63) is 58.2 Å². The summed E-state index contributed by atoms with van der Waals surface area (Å²) in [6.45, 7) is 5.35. The number of hydrogen-bond acceptors (Lipinski definition) is 4. The van der Waals surface area contributed by atoms with Gasteiger partial charge in [0.25, 0.3) is 0 Å². The van der Waals surface area contributed by atoms with Crippen LogP contribution in [0.2, 0.25) is 0 Å². The largest absolute Gasteiger partial charge is 0.444 e. The summed E-state index contributed by atoms with van der Waals surface area (Å²) in [5.74, 6) is 0.342. The van der Waals surface area contributed by atoms with Gasteiger partial charge < -0.3 is 4.74 Å². The molecule has 1 aromatic heterocycles. The van der Waals surface area contributed by atoms with E-state index in [0.29, 0.717) is 11.4 Å². The van der Waals surface area contributed by atoms with E-state index in [0.717, 1.165) is 10.0 Å². The zero-order valence-electron chi connectivity index (χ0n) is 13.8. The SMILES string of the molecule is CC(C)(C)OC(=O)Nc1cc(CC(=O)c2cccc(Br)c2)ccn1. The van der Waals surface area contributed by atoms with Gasteiger partial charge in [-0.15, -0.1) is 0 Å². The van der Waals surface area contributed by atoms with Crippen LogP contribution in [0, 0.1) is 0 Å². The first-order valence-corrected chi connectivity index (χ1v) is 8.26. The van der Waals surface area contributed by atoms with E-state index in [4.69, 9.17) is 4.74 Å². The van der Waals surface area contributed by atoms with Gasteiger partial charge in [0.15, 0.2) is 5.78 Å². The van der Waals surface area contributed by atoms with Gasteiger partial charge in [-0.2, -0.15) is 0 Å². The number of nitrogens with one attached hydrogen (secondary N) is 1. The molecule has 0 aliphatic carbocycles. The Bertz CT molecular complexity index is 754. The van der Waals surface area contributed by atoms with Crippen LogP contribution in [0.25, 0.3) is 0 Å². The number of aromatic nitrogens is 1. The van der Waals surface area contributed by atoms with E-state index in [1.165, 1.54) is 0 Å².